The molecule has 0 aliphatic heterocycles. The first-order valence-corrected chi connectivity index (χ1v) is 6.58. The van der Waals surface area contributed by atoms with Gasteiger partial charge in [-0.05, 0) is 31.1 Å². The van der Waals surface area contributed by atoms with Crippen molar-refractivity contribution in [1.29, 1.82) is 0 Å². The Balaban J connectivity index is 2.28. The van der Waals surface area contributed by atoms with Gasteiger partial charge in [-0.2, -0.15) is 0 Å². The smallest absolute Gasteiger partial charge is 0.224 e. The SMILES string of the molecule is CCCC1CC1NC(=O)C(CN)CC(C)C. The fourth-order valence-electron chi connectivity index (χ4n) is 2.29. The first-order chi connectivity index (χ1) is 7.58. The molecule has 1 aliphatic carbocycles. The van der Waals surface area contributed by atoms with Crippen LogP contribution in [-0.4, -0.2) is 18.5 Å². The van der Waals surface area contributed by atoms with Gasteiger partial charge in [0.05, 0.1) is 5.92 Å². The van der Waals surface area contributed by atoms with Gasteiger partial charge in [0.1, 0.15) is 0 Å². The van der Waals surface area contributed by atoms with Crippen molar-refractivity contribution in [2.45, 2.75) is 52.5 Å². The van der Waals surface area contributed by atoms with E-state index in [4.69, 9.17) is 5.73 Å². The molecule has 1 aliphatic rings. The van der Waals surface area contributed by atoms with Crippen molar-refractivity contribution >= 4 is 5.91 Å². The fraction of sp³-hybridized carbons (Fsp3) is 0.923. The summed E-state index contributed by atoms with van der Waals surface area (Å²) in [7, 11) is 0. The highest BCUT2D eigenvalue weighted by molar-refractivity contribution is 5.79. The Labute approximate surface area is 99.2 Å². The van der Waals surface area contributed by atoms with Crippen molar-refractivity contribution in [3.8, 4) is 0 Å². The third-order valence-electron chi connectivity index (χ3n) is 3.32. The van der Waals surface area contributed by atoms with Gasteiger partial charge in [0.15, 0.2) is 0 Å². The minimum absolute atomic E-state index is 0.00266. The number of nitrogens with one attached hydrogen (secondary N) is 1. The maximum atomic E-state index is 11.9. The zero-order valence-corrected chi connectivity index (χ0v) is 10.8. The summed E-state index contributed by atoms with van der Waals surface area (Å²) >= 11 is 0. The Bertz CT molecular complexity index is 228. The van der Waals surface area contributed by atoms with Crippen molar-refractivity contribution in [3.05, 3.63) is 0 Å². The zero-order valence-electron chi connectivity index (χ0n) is 10.8. The number of carbonyl (C=O) groups is 1. The summed E-state index contributed by atoms with van der Waals surface area (Å²) in [4.78, 5) is 11.9. The number of nitrogens with two attached hydrogens (primary N) is 1. The van der Waals surface area contributed by atoms with Crippen LogP contribution in [0.1, 0.15) is 46.5 Å². The second-order valence-electron chi connectivity index (χ2n) is 5.46. The van der Waals surface area contributed by atoms with Gasteiger partial charge in [0.2, 0.25) is 5.91 Å². The molecule has 0 heterocycles. The summed E-state index contributed by atoms with van der Waals surface area (Å²) in [6, 6.07) is 0.439. The highest BCUT2D eigenvalue weighted by atomic mass is 16.2. The van der Waals surface area contributed by atoms with Gasteiger partial charge in [-0.1, -0.05) is 27.2 Å². The van der Waals surface area contributed by atoms with E-state index < -0.39 is 0 Å². The maximum absolute atomic E-state index is 11.9. The number of amides is 1. The summed E-state index contributed by atoms with van der Waals surface area (Å²) in [5.74, 6) is 1.43. The van der Waals surface area contributed by atoms with Crippen molar-refractivity contribution in [1.82, 2.24) is 5.32 Å². The largest absolute Gasteiger partial charge is 0.353 e. The molecular formula is C13H26N2O. The number of carbonyl (C=O) groups excluding carboxylic acids is 1. The summed E-state index contributed by atoms with van der Waals surface area (Å²) < 4.78 is 0. The van der Waals surface area contributed by atoms with Gasteiger partial charge in [0, 0.05) is 12.6 Å². The predicted octanol–water partition coefficient (Wildman–Crippen LogP) is 1.91. The van der Waals surface area contributed by atoms with E-state index in [1.54, 1.807) is 0 Å². The molecule has 0 aromatic rings. The lowest BCUT2D eigenvalue weighted by molar-refractivity contribution is -0.125. The Morgan fingerprint density at radius 3 is 2.69 bits per heavy atom. The van der Waals surface area contributed by atoms with E-state index in [1.165, 1.54) is 19.3 Å². The van der Waals surface area contributed by atoms with Crippen LogP contribution >= 0.6 is 0 Å². The summed E-state index contributed by atoms with van der Waals surface area (Å²) in [6.45, 7) is 6.92. The normalized spacial score (nSPS) is 25.6. The highest BCUT2D eigenvalue weighted by Crippen LogP contribution is 2.34. The molecule has 0 radical (unpaired) electrons. The van der Waals surface area contributed by atoms with Gasteiger partial charge in [-0.3, -0.25) is 4.79 Å². The molecule has 0 aromatic heterocycles. The van der Waals surface area contributed by atoms with E-state index in [2.05, 4.69) is 26.1 Å². The standard InChI is InChI=1S/C13H26N2O/c1-4-5-10-7-12(10)15-13(16)11(8-14)6-9(2)3/h9-12H,4-8,14H2,1-3H3,(H,15,16). The molecule has 0 spiro atoms. The van der Waals surface area contributed by atoms with Gasteiger partial charge in [0.25, 0.3) is 0 Å². The quantitative estimate of drug-likeness (QED) is 0.697. The maximum Gasteiger partial charge on any atom is 0.224 e. The number of hydrogen-bond acceptors (Lipinski definition) is 2. The Morgan fingerprint density at radius 1 is 1.50 bits per heavy atom. The monoisotopic (exact) mass is 226 g/mol. The van der Waals surface area contributed by atoms with Crippen LogP contribution in [0.2, 0.25) is 0 Å². The van der Waals surface area contributed by atoms with Gasteiger partial charge >= 0.3 is 0 Å². The molecule has 3 unspecified atom stereocenters. The van der Waals surface area contributed by atoms with Gasteiger partial charge in [-0.25, -0.2) is 0 Å². The lowest BCUT2D eigenvalue weighted by Gasteiger charge is -2.16. The van der Waals surface area contributed by atoms with E-state index >= 15 is 0 Å². The van der Waals surface area contributed by atoms with Gasteiger partial charge in [-0.15, -0.1) is 0 Å². The number of rotatable bonds is 7. The Kier molecular flexibility index (Phi) is 5.26. The van der Waals surface area contributed by atoms with E-state index in [0.29, 0.717) is 18.5 Å². The summed E-state index contributed by atoms with van der Waals surface area (Å²) in [5.41, 5.74) is 5.65. The molecule has 0 bridgehead atoms. The van der Waals surface area contributed by atoms with Crippen LogP contribution in [0.4, 0.5) is 0 Å². The Morgan fingerprint density at radius 2 is 2.19 bits per heavy atom. The molecule has 1 saturated carbocycles. The zero-order chi connectivity index (χ0) is 12.1. The van der Waals surface area contributed by atoms with Crippen LogP contribution in [-0.2, 0) is 4.79 Å². The van der Waals surface area contributed by atoms with Crippen LogP contribution in [0.15, 0.2) is 0 Å². The number of hydrogen-bond donors (Lipinski definition) is 2. The molecule has 0 aromatic carbocycles. The lowest BCUT2D eigenvalue weighted by atomic mass is 9.96. The van der Waals surface area contributed by atoms with Crippen LogP contribution in [0.5, 0.6) is 0 Å². The van der Waals surface area contributed by atoms with Crippen molar-refractivity contribution < 1.29 is 4.79 Å². The molecule has 0 saturated heterocycles. The second kappa shape index (κ2) is 6.24. The molecule has 3 N–H and O–H groups in total. The van der Waals surface area contributed by atoms with Crippen molar-refractivity contribution in [3.63, 3.8) is 0 Å². The lowest BCUT2D eigenvalue weighted by Crippen LogP contribution is -2.37. The molecule has 1 rings (SSSR count). The summed E-state index contributed by atoms with van der Waals surface area (Å²) in [5, 5.41) is 3.13. The molecule has 1 fully saturated rings. The highest BCUT2D eigenvalue weighted by Gasteiger charge is 2.38. The topological polar surface area (TPSA) is 55.1 Å². The first-order valence-electron chi connectivity index (χ1n) is 6.58. The van der Waals surface area contributed by atoms with Crippen molar-refractivity contribution in [2.24, 2.45) is 23.5 Å². The van der Waals surface area contributed by atoms with Crippen LogP contribution in [0.3, 0.4) is 0 Å². The van der Waals surface area contributed by atoms with Crippen molar-refractivity contribution in [2.75, 3.05) is 6.54 Å². The fourth-order valence-corrected chi connectivity index (χ4v) is 2.29. The molecule has 3 nitrogen and oxygen atoms in total. The Hall–Kier alpha value is -0.570. The average molecular weight is 226 g/mol. The first kappa shape index (κ1) is 13.5. The van der Waals surface area contributed by atoms with E-state index in [9.17, 15) is 4.79 Å². The van der Waals surface area contributed by atoms with E-state index in [1.807, 2.05) is 0 Å². The van der Waals surface area contributed by atoms with Crippen LogP contribution in [0, 0.1) is 17.8 Å². The molecular weight excluding hydrogens is 200 g/mol. The molecule has 3 heteroatoms. The van der Waals surface area contributed by atoms with Crippen LogP contribution in [0.25, 0.3) is 0 Å². The third-order valence-corrected chi connectivity index (χ3v) is 3.32. The minimum Gasteiger partial charge on any atom is -0.353 e. The molecule has 1 amide bonds. The van der Waals surface area contributed by atoms with E-state index in [0.717, 1.165) is 12.3 Å². The minimum atomic E-state index is 0.00266. The molecule has 16 heavy (non-hydrogen) atoms. The molecule has 94 valence electrons. The van der Waals surface area contributed by atoms with Crippen LogP contribution < -0.4 is 11.1 Å². The second-order valence-corrected chi connectivity index (χ2v) is 5.46. The predicted molar refractivity (Wildman–Crippen MR) is 66.9 cm³/mol. The summed E-state index contributed by atoms with van der Waals surface area (Å²) in [6.07, 6.45) is 4.51. The third kappa shape index (κ3) is 4.12. The van der Waals surface area contributed by atoms with E-state index in [-0.39, 0.29) is 11.8 Å². The average Bonchev–Trinajstić information content (AvgIpc) is 2.93. The molecule has 3 atom stereocenters. The van der Waals surface area contributed by atoms with Gasteiger partial charge < -0.3 is 11.1 Å².